The van der Waals surface area contributed by atoms with Crippen LogP contribution in [0.5, 0.6) is 0 Å². The van der Waals surface area contributed by atoms with E-state index < -0.39 is 0 Å². The lowest BCUT2D eigenvalue weighted by Gasteiger charge is -2.26. The second kappa shape index (κ2) is 4.90. The Bertz CT molecular complexity index is 193. The molecule has 3 heteroatoms. The standard InChI is InChI=1S/C10H18N2O/c1-8-2-4-10(5-3-8)12-6-9(11)7-13/h6-8,10,12H,2-5,11H2,1H3/b9-6-. The number of rotatable bonds is 3. The summed E-state index contributed by atoms with van der Waals surface area (Å²) in [5.74, 6) is 0.852. The van der Waals surface area contributed by atoms with E-state index in [1.54, 1.807) is 6.20 Å². The molecular weight excluding hydrogens is 164 g/mol. The fourth-order valence-electron chi connectivity index (χ4n) is 1.67. The van der Waals surface area contributed by atoms with Crippen molar-refractivity contribution < 1.29 is 4.79 Å². The van der Waals surface area contributed by atoms with Gasteiger partial charge >= 0.3 is 0 Å². The molecular formula is C10H18N2O. The molecule has 0 aromatic heterocycles. The minimum absolute atomic E-state index is 0.277. The average molecular weight is 182 g/mol. The highest BCUT2D eigenvalue weighted by Gasteiger charge is 2.16. The molecule has 13 heavy (non-hydrogen) atoms. The van der Waals surface area contributed by atoms with Gasteiger partial charge in [0.1, 0.15) is 0 Å². The van der Waals surface area contributed by atoms with E-state index in [1.165, 1.54) is 25.7 Å². The van der Waals surface area contributed by atoms with Gasteiger partial charge in [-0.05, 0) is 31.6 Å². The van der Waals surface area contributed by atoms with Crippen LogP contribution < -0.4 is 11.1 Å². The number of carbonyl (C=O) groups excluding carboxylic acids is 1. The van der Waals surface area contributed by atoms with Crippen LogP contribution in [0.25, 0.3) is 0 Å². The van der Waals surface area contributed by atoms with Crippen LogP contribution in [0.15, 0.2) is 11.9 Å². The molecule has 0 saturated heterocycles. The molecule has 0 bridgehead atoms. The molecule has 0 spiro atoms. The van der Waals surface area contributed by atoms with E-state index in [0.29, 0.717) is 12.3 Å². The Morgan fingerprint density at radius 1 is 1.38 bits per heavy atom. The van der Waals surface area contributed by atoms with Gasteiger partial charge in [0.05, 0.1) is 5.70 Å². The van der Waals surface area contributed by atoms with E-state index in [9.17, 15) is 4.79 Å². The van der Waals surface area contributed by atoms with Crippen LogP contribution in [-0.4, -0.2) is 12.3 Å². The molecule has 0 unspecified atom stereocenters. The number of nitrogens with one attached hydrogen (secondary N) is 1. The van der Waals surface area contributed by atoms with Gasteiger partial charge in [-0.3, -0.25) is 4.79 Å². The molecule has 1 saturated carbocycles. The third kappa shape index (κ3) is 3.49. The van der Waals surface area contributed by atoms with Crippen LogP contribution in [0, 0.1) is 5.92 Å². The van der Waals surface area contributed by atoms with Crippen molar-refractivity contribution in [1.82, 2.24) is 5.32 Å². The molecule has 1 aliphatic rings. The lowest BCUT2D eigenvalue weighted by molar-refractivity contribution is -0.105. The van der Waals surface area contributed by atoms with Gasteiger partial charge in [-0.25, -0.2) is 0 Å². The molecule has 1 aliphatic carbocycles. The third-order valence-electron chi connectivity index (χ3n) is 2.64. The van der Waals surface area contributed by atoms with E-state index in [-0.39, 0.29) is 5.70 Å². The molecule has 0 atom stereocenters. The van der Waals surface area contributed by atoms with E-state index in [2.05, 4.69) is 12.2 Å². The van der Waals surface area contributed by atoms with Gasteiger partial charge in [0.15, 0.2) is 6.29 Å². The summed E-state index contributed by atoms with van der Waals surface area (Å²) in [7, 11) is 0. The Balaban J connectivity index is 2.26. The summed E-state index contributed by atoms with van der Waals surface area (Å²) in [6.07, 6.45) is 7.19. The topological polar surface area (TPSA) is 55.1 Å². The molecule has 0 heterocycles. The quantitative estimate of drug-likeness (QED) is 0.508. The normalized spacial score (nSPS) is 29.8. The Kier molecular flexibility index (Phi) is 3.80. The van der Waals surface area contributed by atoms with Gasteiger partial charge in [-0.1, -0.05) is 6.92 Å². The van der Waals surface area contributed by atoms with E-state index in [4.69, 9.17) is 5.73 Å². The highest BCUT2D eigenvalue weighted by atomic mass is 16.1. The summed E-state index contributed by atoms with van der Waals surface area (Å²) in [5, 5.41) is 3.17. The van der Waals surface area contributed by atoms with Crippen molar-refractivity contribution in [2.45, 2.75) is 38.6 Å². The van der Waals surface area contributed by atoms with E-state index in [0.717, 1.165) is 5.92 Å². The van der Waals surface area contributed by atoms with Crippen LogP contribution in [0.4, 0.5) is 0 Å². The monoisotopic (exact) mass is 182 g/mol. The predicted octanol–water partition coefficient (Wildman–Crippen LogP) is 1.15. The highest BCUT2D eigenvalue weighted by Crippen LogP contribution is 2.23. The first kappa shape index (κ1) is 10.1. The van der Waals surface area contributed by atoms with Crippen molar-refractivity contribution in [2.75, 3.05) is 0 Å². The van der Waals surface area contributed by atoms with Crippen molar-refractivity contribution in [3.63, 3.8) is 0 Å². The number of aldehydes is 1. The lowest BCUT2D eigenvalue weighted by Crippen LogP contribution is -2.29. The Labute approximate surface area is 79.4 Å². The van der Waals surface area contributed by atoms with Gasteiger partial charge in [0.25, 0.3) is 0 Å². The smallest absolute Gasteiger partial charge is 0.167 e. The average Bonchev–Trinajstić information content (AvgIpc) is 2.16. The van der Waals surface area contributed by atoms with E-state index >= 15 is 0 Å². The summed E-state index contributed by atoms with van der Waals surface area (Å²) in [5.41, 5.74) is 5.62. The first-order valence-electron chi connectivity index (χ1n) is 4.89. The molecule has 0 aliphatic heterocycles. The van der Waals surface area contributed by atoms with Crippen molar-refractivity contribution in [2.24, 2.45) is 11.7 Å². The SMILES string of the molecule is CC1CCC(N/C=C(\N)C=O)CC1. The molecule has 0 amide bonds. The van der Waals surface area contributed by atoms with Crippen LogP contribution in [0.1, 0.15) is 32.6 Å². The first-order chi connectivity index (χ1) is 6.22. The molecule has 0 radical (unpaired) electrons. The van der Waals surface area contributed by atoms with Gasteiger partial charge in [-0.15, -0.1) is 0 Å². The maximum Gasteiger partial charge on any atom is 0.167 e. The number of hydrogen-bond donors (Lipinski definition) is 2. The predicted molar refractivity (Wildman–Crippen MR) is 52.9 cm³/mol. The molecule has 0 aromatic carbocycles. The van der Waals surface area contributed by atoms with Gasteiger partial charge < -0.3 is 11.1 Å². The lowest BCUT2D eigenvalue weighted by atomic mass is 9.87. The van der Waals surface area contributed by atoms with Crippen LogP contribution in [0.2, 0.25) is 0 Å². The Hall–Kier alpha value is -0.990. The fraction of sp³-hybridized carbons (Fsp3) is 0.700. The van der Waals surface area contributed by atoms with E-state index in [1.807, 2.05) is 0 Å². The minimum atomic E-state index is 0.277. The zero-order valence-electron chi connectivity index (χ0n) is 8.12. The summed E-state index contributed by atoms with van der Waals surface area (Å²) >= 11 is 0. The number of carbonyl (C=O) groups is 1. The fourth-order valence-corrected chi connectivity index (χ4v) is 1.67. The van der Waals surface area contributed by atoms with Crippen LogP contribution >= 0.6 is 0 Å². The molecule has 1 fully saturated rings. The second-order valence-electron chi connectivity index (χ2n) is 3.89. The zero-order valence-corrected chi connectivity index (χ0v) is 8.12. The molecule has 74 valence electrons. The van der Waals surface area contributed by atoms with Gasteiger partial charge in [-0.2, -0.15) is 0 Å². The highest BCUT2D eigenvalue weighted by molar-refractivity contribution is 5.71. The molecule has 3 nitrogen and oxygen atoms in total. The maximum absolute atomic E-state index is 10.2. The van der Waals surface area contributed by atoms with Crippen molar-refractivity contribution >= 4 is 6.29 Å². The van der Waals surface area contributed by atoms with Crippen LogP contribution in [-0.2, 0) is 4.79 Å². The number of nitrogens with two attached hydrogens (primary N) is 1. The second-order valence-corrected chi connectivity index (χ2v) is 3.89. The largest absolute Gasteiger partial charge is 0.395 e. The summed E-state index contributed by atoms with van der Waals surface area (Å²) in [6, 6.07) is 0.509. The third-order valence-corrected chi connectivity index (χ3v) is 2.64. The van der Waals surface area contributed by atoms with Crippen molar-refractivity contribution in [3.8, 4) is 0 Å². The summed E-state index contributed by atoms with van der Waals surface area (Å²) in [4.78, 5) is 10.2. The minimum Gasteiger partial charge on any atom is -0.395 e. The zero-order chi connectivity index (χ0) is 9.68. The van der Waals surface area contributed by atoms with Crippen LogP contribution in [0.3, 0.4) is 0 Å². The summed E-state index contributed by atoms with van der Waals surface area (Å²) in [6.45, 7) is 2.28. The van der Waals surface area contributed by atoms with Gasteiger partial charge in [0, 0.05) is 12.2 Å². The van der Waals surface area contributed by atoms with Crippen molar-refractivity contribution in [1.29, 1.82) is 0 Å². The van der Waals surface area contributed by atoms with Gasteiger partial charge in [0.2, 0.25) is 0 Å². The Morgan fingerprint density at radius 2 is 2.00 bits per heavy atom. The molecule has 0 aromatic rings. The number of allylic oxidation sites excluding steroid dienone is 1. The Morgan fingerprint density at radius 3 is 2.54 bits per heavy atom. The maximum atomic E-state index is 10.2. The summed E-state index contributed by atoms with van der Waals surface area (Å²) < 4.78 is 0. The van der Waals surface area contributed by atoms with Crippen molar-refractivity contribution in [3.05, 3.63) is 11.9 Å². The number of hydrogen-bond acceptors (Lipinski definition) is 3. The first-order valence-corrected chi connectivity index (χ1v) is 4.89. The molecule has 3 N–H and O–H groups in total. The molecule has 1 rings (SSSR count).